The van der Waals surface area contributed by atoms with Crippen molar-refractivity contribution in [3.05, 3.63) is 44.8 Å². The summed E-state index contributed by atoms with van der Waals surface area (Å²) < 4.78 is 2.28. The van der Waals surface area contributed by atoms with Crippen LogP contribution in [0, 0.1) is 0 Å². The predicted molar refractivity (Wildman–Crippen MR) is 65.4 cm³/mol. The van der Waals surface area contributed by atoms with Crippen molar-refractivity contribution in [3.63, 3.8) is 0 Å². The van der Waals surface area contributed by atoms with Crippen molar-refractivity contribution in [2.75, 3.05) is 0 Å². The first-order valence-corrected chi connectivity index (χ1v) is 5.36. The van der Waals surface area contributed by atoms with Crippen LogP contribution in [-0.4, -0.2) is 14.9 Å². The van der Waals surface area contributed by atoms with Gasteiger partial charge in [0.1, 0.15) is 0 Å². The molecular weight excluding hydrogens is 220 g/mol. The molecule has 5 heteroatoms. The van der Waals surface area contributed by atoms with Crippen molar-refractivity contribution in [1.82, 2.24) is 9.13 Å². The molecule has 92 valence electrons. The Morgan fingerprint density at radius 2 is 2.00 bits per heavy atom. The zero-order valence-electron chi connectivity index (χ0n) is 10.3. The van der Waals surface area contributed by atoms with Crippen molar-refractivity contribution in [1.29, 1.82) is 0 Å². The smallest absolute Gasteiger partial charge is 0.296 e. The van der Waals surface area contributed by atoms with Gasteiger partial charge in [-0.3, -0.25) is 18.7 Å². The average Bonchev–Trinajstić information content (AvgIpc) is 2.29. The molecule has 0 N–H and O–H groups in total. The van der Waals surface area contributed by atoms with Crippen LogP contribution >= 0.6 is 0 Å². The van der Waals surface area contributed by atoms with Crippen LogP contribution < -0.4 is 11.2 Å². The van der Waals surface area contributed by atoms with Gasteiger partial charge < -0.3 is 0 Å². The molecule has 1 aromatic heterocycles. The molecule has 1 rings (SSSR count). The van der Waals surface area contributed by atoms with Gasteiger partial charge >= 0.3 is 5.69 Å². The third kappa shape index (κ3) is 2.61. The summed E-state index contributed by atoms with van der Waals surface area (Å²) in [6, 6.07) is 0. The van der Waals surface area contributed by atoms with Crippen molar-refractivity contribution in [2.45, 2.75) is 26.8 Å². The Labute approximate surface area is 99.0 Å². The van der Waals surface area contributed by atoms with Gasteiger partial charge in [0.15, 0.2) is 5.78 Å². The van der Waals surface area contributed by atoms with Crippen LogP contribution in [0.5, 0.6) is 0 Å². The fourth-order valence-corrected chi connectivity index (χ4v) is 1.43. The highest BCUT2D eigenvalue weighted by atomic mass is 16.2. The Hall–Kier alpha value is -1.91. The fraction of sp³-hybridized carbons (Fsp3) is 0.417. The molecule has 0 fully saturated rings. The van der Waals surface area contributed by atoms with E-state index in [2.05, 4.69) is 6.58 Å². The molecule has 0 aliphatic carbocycles. The van der Waals surface area contributed by atoms with Crippen molar-refractivity contribution < 1.29 is 4.79 Å². The number of Topliss-reactive ketones (excluding diaryl/α,β-unsaturated/α-hetero) is 1. The van der Waals surface area contributed by atoms with Crippen LogP contribution in [0.25, 0.3) is 0 Å². The molecule has 0 radical (unpaired) electrons. The number of carbonyl (C=O) groups excluding carboxylic acids is 1. The van der Waals surface area contributed by atoms with E-state index >= 15 is 0 Å². The summed E-state index contributed by atoms with van der Waals surface area (Å²) in [5.74, 6) is -0.346. The molecule has 1 aromatic rings. The first-order chi connectivity index (χ1) is 7.88. The van der Waals surface area contributed by atoms with E-state index in [-0.39, 0.29) is 11.3 Å². The van der Waals surface area contributed by atoms with Gasteiger partial charge in [-0.1, -0.05) is 19.1 Å². The van der Waals surface area contributed by atoms with E-state index in [4.69, 9.17) is 0 Å². The number of hydrogen-bond acceptors (Lipinski definition) is 3. The van der Waals surface area contributed by atoms with E-state index in [1.54, 1.807) is 0 Å². The molecule has 0 aliphatic heterocycles. The van der Waals surface area contributed by atoms with Crippen LogP contribution in [0.2, 0.25) is 0 Å². The van der Waals surface area contributed by atoms with Crippen molar-refractivity contribution in [2.24, 2.45) is 7.05 Å². The molecule has 5 nitrogen and oxygen atoms in total. The third-order valence-corrected chi connectivity index (χ3v) is 2.63. The number of rotatable bonds is 4. The second-order valence-corrected chi connectivity index (χ2v) is 3.98. The molecule has 1 heterocycles. The van der Waals surface area contributed by atoms with Crippen LogP contribution in [0.15, 0.2) is 27.9 Å². The lowest BCUT2D eigenvalue weighted by atomic mass is 10.2. The van der Waals surface area contributed by atoms with Crippen LogP contribution in [0.4, 0.5) is 0 Å². The third-order valence-electron chi connectivity index (χ3n) is 2.63. The predicted octanol–water partition coefficient (Wildman–Crippen LogP) is 0.716. The highest BCUT2D eigenvalue weighted by molar-refractivity contribution is 5.93. The van der Waals surface area contributed by atoms with E-state index in [1.165, 1.54) is 24.7 Å². The van der Waals surface area contributed by atoms with Crippen LogP contribution in [-0.2, 0) is 13.6 Å². The summed E-state index contributed by atoms with van der Waals surface area (Å²) in [5.41, 5.74) is -0.105. The van der Waals surface area contributed by atoms with E-state index in [9.17, 15) is 14.4 Å². The SMILES string of the molecule is C=C(CC)Cn1cc(C(C)=O)c(=O)n(C)c1=O. The summed E-state index contributed by atoms with van der Waals surface area (Å²) in [6.07, 6.45) is 2.05. The summed E-state index contributed by atoms with van der Waals surface area (Å²) in [5, 5.41) is 0. The molecule has 0 spiro atoms. The molecule has 0 aromatic carbocycles. The van der Waals surface area contributed by atoms with Gasteiger partial charge in [0, 0.05) is 19.8 Å². The molecule has 0 unspecified atom stereocenters. The monoisotopic (exact) mass is 236 g/mol. The molecule has 0 amide bonds. The Balaban J connectivity index is 3.43. The maximum atomic E-state index is 11.8. The lowest BCUT2D eigenvalue weighted by Gasteiger charge is -2.10. The summed E-state index contributed by atoms with van der Waals surface area (Å²) in [6.45, 7) is 7.36. The first kappa shape index (κ1) is 13.2. The zero-order chi connectivity index (χ0) is 13.2. The van der Waals surface area contributed by atoms with E-state index in [0.717, 1.165) is 16.6 Å². The average molecular weight is 236 g/mol. The molecular formula is C12H16N2O3. The Bertz CT molecular complexity index is 578. The largest absolute Gasteiger partial charge is 0.331 e. The van der Waals surface area contributed by atoms with Gasteiger partial charge in [-0.15, -0.1) is 0 Å². The lowest BCUT2D eigenvalue weighted by Crippen LogP contribution is -2.40. The van der Waals surface area contributed by atoms with Gasteiger partial charge in [0.05, 0.1) is 5.56 Å². The quantitative estimate of drug-likeness (QED) is 0.571. The van der Waals surface area contributed by atoms with Crippen LogP contribution in [0.1, 0.15) is 30.6 Å². The van der Waals surface area contributed by atoms with Gasteiger partial charge in [-0.05, 0) is 13.3 Å². The normalized spacial score (nSPS) is 10.3. The maximum absolute atomic E-state index is 11.8. The number of allylic oxidation sites excluding steroid dienone is 1. The number of ketones is 1. The van der Waals surface area contributed by atoms with Crippen molar-refractivity contribution in [3.8, 4) is 0 Å². The second-order valence-electron chi connectivity index (χ2n) is 3.98. The standard InChI is InChI=1S/C12H16N2O3/c1-5-8(2)6-14-7-10(9(3)15)11(16)13(4)12(14)17/h7H,2,5-6H2,1,3-4H3. The zero-order valence-corrected chi connectivity index (χ0v) is 10.3. The second kappa shape index (κ2) is 4.95. The molecule has 0 saturated heterocycles. The minimum atomic E-state index is -0.555. The van der Waals surface area contributed by atoms with E-state index < -0.39 is 11.2 Å². The first-order valence-electron chi connectivity index (χ1n) is 5.36. The number of aromatic nitrogens is 2. The number of carbonyl (C=O) groups is 1. The molecule has 0 bridgehead atoms. The minimum Gasteiger partial charge on any atom is -0.296 e. The van der Waals surface area contributed by atoms with E-state index in [0.29, 0.717) is 6.54 Å². The topological polar surface area (TPSA) is 61.1 Å². The number of nitrogens with zero attached hydrogens (tertiary/aromatic N) is 2. The Morgan fingerprint density at radius 3 is 2.47 bits per heavy atom. The van der Waals surface area contributed by atoms with Crippen molar-refractivity contribution >= 4 is 5.78 Å². The Morgan fingerprint density at radius 1 is 1.41 bits per heavy atom. The molecule has 0 atom stereocenters. The van der Waals surface area contributed by atoms with Gasteiger partial charge in [-0.2, -0.15) is 0 Å². The molecule has 0 saturated carbocycles. The Kier molecular flexibility index (Phi) is 3.83. The summed E-state index contributed by atoms with van der Waals surface area (Å²) >= 11 is 0. The van der Waals surface area contributed by atoms with Crippen LogP contribution in [0.3, 0.4) is 0 Å². The highest BCUT2D eigenvalue weighted by Gasteiger charge is 2.12. The summed E-state index contributed by atoms with van der Waals surface area (Å²) in [4.78, 5) is 34.7. The van der Waals surface area contributed by atoms with Gasteiger partial charge in [-0.25, -0.2) is 4.79 Å². The van der Waals surface area contributed by atoms with Gasteiger partial charge in [0.25, 0.3) is 5.56 Å². The lowest BCUT2D eigenvalue weighted by molar-refractivity contribution is 0.101. The number of hydrogen-bond donors (Lipinski definition) is 0. The molecule has 17 heavy (non-hydrogen) atoms. The fourth-order valence-electron chi connectivity index (χ4n) is 1.43. The maximum Gasteiger partial charge on any atom is 0.331 e. The summed E-state index contributed by atoms with van der Waals surface area (Å²) in [7, 11) is 1.36. The van der Waals surface area contributed by atoms with Gasteiger partial charge in [0.2, 0.25) is 0 Å². The van der Waals surface area contributed by atoms with E-state index in [1.807, 2.05) is 6.92 Å². The highest BCUT2D eigenvalue weighted by Crippen LogP contribution is 2.00. The molecule has 0 aliphatic rings. The minimum absolute atomic E-state index is 0.0241.